The molecule has 6 nitrogen and oxygen atoms in total. The molecule has 1 aromatic heterocycles. The summed E-state index contributed by atoms with van der Waals surface area (Å²) in [5.41, 5.74) is 3.14. The van der Waals surface area contributed by atoms with E-state index in [9.17, 15) is 9.59 Å². The Labute approximate surface area is 164 Å². The van der Waals surface area contributed by atoms with Gasteiger partial charge in [0.1, 0.15) is 5.69 Å². The third kappa shape index (κ3) is 5.07. The van der Waals surface area contributed by atoms with Crippen molar-refractivity contribution in [1.29, 1.82) is 0 Å². The van der Waals surface area contributed by atoms with Crippen molar-refractivity contribution in [3.8, 4) is 11.3 Å². The number of amides is 1. The van der Waals surface area contributed by atoms with Crippen molar-refractivity contribution in [1.82, 2.24) is 15.1 Å². The molecule has 0 saturated carbocycles. The molecule has 6 heteroatoms. The maximum absolute atomic E-state index is 12.7. The number of hydrogen-bond acceptors (Lipinski definition) is 4. The van der Waals surface area contributed by atoms with E-state index >= 15 is 0 Å². The van der Waals surface area contributed by atoms with E-state index in [0.717, 1.165) is 11.1 Å². The summed E-state index contributed by atoms with van der Waals surface area (Å²) in [4.78, 5) is 23.9. The highest BCUT2D eigenvalue weighted by atomic mass is 16.5. The summed E-state index contributed by atoms with van der Waals surface area (Å²) in [6, 6.07) is 19.6. The van der Waals surface area contributed by atoms with Gasteiger partial charge in [0.25, 0.3) is 5.91 Å². The minimum absolute atomic E-state index is 0.206. The van der Waals surface area contributed by atoms with Crippen LogP contribution in [0, 0.1) is 0 Å². The number of carbonyl (C=O) groups is 2. The molecule has 0 radical (unpaired) electrons. The fraction of sp³-hybridized carbons (Fsp3) is 0.227. The fourth-order valence-corrected chi connectivity index (χ4v) is 2.88. The normalized spacial score (nSPS) is 10.5. The first-order valence-electron chi connectivity index (χ1n) is 9.19. The third-order valence-corrected chi connectivity index (χ3v) is 4.31. The van der Waals surface area contributed by atoms with Crippen LogP contribution in [0.25, 0.3) is 11.3 Å². The lowest BCUT2D eigenvalue weighted by Crippen LogP contribution is -2.25. The maximum Gasteiger partial charge on any atom is 0.305 e. The highest BCUT2D eigenvalue weighted by Crippen LogP contribution is 2.22. The summed E-state index contributed by atoms with van der Waals surface area (Å²) < 4.78 is 6.39. The van der Waals surface area contributed by atoms with Crippen molar-refractivity contribution in [3.05, 3.63) is 78.0 Å². The summed E-state index contributed by atoms with van der Waals surface area (Å²) in [6.45, 7) is 0.975. The predicted octanol–water partition coefficient (Wildman–Crippen LogP) is 3.28. The topological polar surface area (TPSA) is 73.2 Å². The van der Waals surface area contributed by atoms with Crippen LogP contribution in [0.1, 0.15) is 28.8 Å². The van der Waals surface area contributed by atoms with Gasteiger partial charge in [-0.2, -0.15) is 5.10 Å². The highest BCUT2D eigenvalue weighted by Gasteiger charge is 2.18. The smallest absolute Gasteiger partial charge is 0.305 e. The first-order chi connectivity index (χ1) is 13.7. The second kappa shape index (κ2) is 9.50. The van der Waals surface area contributed by atoms with Gasteiger partial charge in [-0.25, -0.2) is 0 Å². The molecule has 0 saturated heterocycles. The Morgan fingerprint density at radius 3 is 2.39 bits per heavy atom. The number of nitrogens with one attached hydrogen (secondary N) is 1. The SMILES string of the molecule is COC(=O)CCCNC(=O)c1cn(Cc2ccccc2)nc1-c1ccccc1. The van der Waals surface area contributed by atoms with Gasteiger partial charge in [-0.05, 0) is 12.0 Å². The first-order valence-corrected chi connectivity index (χ1v) is 9.19. The molecule has 0 aliphatic rings. The number of hydrogen-bond donors (Lipinski definition) is 1. The molecule has 3 rings (SSSR count). The van der Waals surface area contributed by atoms with Gasteiger partial charge in [0.05, 0.1) is 19.2 Å². The van der Waals surface area contributed by atoms with Crippen LogP contribution >= 0.6 is 0 Å². The molecule has 0 spiro atoms. The zero-order chi connectivity index (χ0) is 19.8. The zero-order valence-corrected chi connectivity index (χ0v) is 15.8. The van der Waals surface area contributed by atoms with E-state index in [1.807, 2.05) is 60.7 Å². The monoisotopic (exact) mass is 377 g/mol. The average molecular weight is 377 g/mol. The van der Waals surface area contributed by atoms with Crippen LogP contribution in [0.2, 0.25) is 0 Å². The van der Waals surface area contributed by atoms with Crippen LogP contribution in [0.4, 0.5) is 0 Å². The summed E-state index contributed by atoms with van der Waals surface area (Å²) in [7, 11) is 1.36. The van der Waals surface area contributed by atoms with E-state index in [0.29, 0.717) is 30.8 Å². The second-order valence-corrected chi connectivity index (χ2v) is 6.38. The zero-order valence-electron chi connectivity index (χ0n) is 15.8. The van der Waals surface area contributed by atoms with E-state index < -0.39 is 0 Å². The number of carbonyl (C=O) groups excluding carboxylic acids is 2. The van der Waals surface area contributed by atoms with Gasteiger partial charge < -0.3 is 10.1 Å². The van der Waals surface area contributed by atoms with Gasteiger partial charge in [-0.1, -0.05) is 60.7 Å². The second-order valence-electron chi connectivity index (χ2n) is 6.38. The molecule has 0 atom stereocenters. The number of ether oxygens (including phenoxy) is 1. The van der Waals surface area contributed by atoms with Crippen molar-refractivity contribution in [2.45, 2.75) is 19.4 Å². The molecule has 1 heterocycles. The van der Waals surface area contributed by atoms with Crippen LogP contribution < -0.4 is 5.32 Å². The number of methoxy groups -OCH3 is 1. The molecule has 0 unspecified atom stereocenters. The lowest BCUT2D eigenvalue weighted by molar-refractivity contribution is -0.140. The fourth-order valence-electron chi connectivity index (χ4n) is 2.88. The van der Waals surface area contributed by atoms with Crippen molar-refractivity contribution in [3.63, 3.8) is 0 Å². The number of rotatable bonds is 8. The Balaban J connectivity index is 1.77. The summed E-state index contributed by atoms with van der Waals surface area (Å²) in [5.74, 6) is -0.488. The van der Waals surface area contributed by atoms with Crippen molar-refractivity contribution >= 4 is 11.9 Å². The molecule has 1 amide bonds. The molecule has 0 bridgehead atoms. The Kier molecular flexibility index (Phi) is 6.57. The number of esters is 1. The molecule has 0 aliphatic carbocycles. The van der Waals surface area contributed by atoms with Gasteiger partial charge in [-0.3, -0.25) is 14.3 Å². The highest BCUT2D eigenvalue weighted by molar-refractivity contribution is 5.99. The molecule has 1 N–H and O–H groups in total. The van der Waals surface area contributed by atoms with E-state index in [2.05, 4.69) is 15.2 Å². The molecule has 0 aliphatic heterocycles. The van der Waals surface area contributed by atoms with E-state index in [1.165, 1.54) is 7.11 Å². The molecular formula is C22H23N3O3. The number of benzene rings is 2. The van der Waals surface area contributed by atoms with Gasteiger partial charge in [-0.15, -0.1) is 0 Å². The van der Waals surface area contributed by atoms with Crippen LogP contribution in [0.5, 0.6) is 0 Å². The third-order valence-electron chi connectivity index (χ3n) is 4.31. The minimum Gasteiger partial charge on any atom is -0.469 e. The lowest BCUT2D eigenvalue weighted by atomic mass is 10.1. The Morgan fingerprint density at radius 1 is 1.04 bits per heavy atom. The van der Waals surface area contributed by atoms with Gasteiger partial charge in [0.15, 0.2) is 0 Å². The Hall–Kier alpha value is -3.41. The molecule has 144 valence electrons. The molecule has 2 aromatic carbocycles. The largest absolute Gasteiger partial charge is 0.469 e. The van der Waals surface area contributed by atoms with Crippen LogP contribution in [-0.2, 0) is 16.1 Å². The Bertz CT molecular complexity index is 921. The van der Waals surface area contributed by atoms with Gasteiger partial charge >= 0.3 is 5.97 Å². The number of aromatic nitrogens is 2. The van der Waals surface area contributed by atoms with Crippen molar-refractivity contribution in [2.24, 2.45) is 0 Å². The molecular weight excluding hydrogens is 354 g/mol. The minimum atomic E-state index is -0.282. The summed E-state index contributed by atoms with van der Waals surface area (Å²) in [6.07, 6.45) is 2.57. The average Bonchev–Trinajstić information content (AvgIpc) is 3.16. The summed E-state index contributed by atoms with van der Waals surface area (Å²) >= 11 is 0. The van der Waals surface area contributed by atoms with Gasteiger partial charge in [0, 0.05) is 24.7 Å². The first kappa shape index (κ1) is 19.4. The maximum atomic E-state index is 12.7. The quantitative estimate of drug-likeness (QED) is 0.483. The predicted molar refractivity (Wildman–Crippen MR) is 107 cm³/mol. The van der Waals surface area contributed by atoms with Crippen LogP contribution in [0.3, 0.4) is 0 Å². The molecule has 0 fully saturated rings. The molecule has 28 heavy (non-hydrogen) atoms. The van der Waals surface area contributed by atoms with E-state index in [1.54, 1.807) is 10.9 Å². The van der Waals surface area contributed by atoms with Crippen molar-refractivity contribution < 1.29 is 14.3 Å². The summed E-state index contributed by atoms with van der Waals surface area (Å²) in [5, 5.41) is 7.51. The van der Waals surface area contributed by atoms with E-state index in [4.69, 9.17) is 0 Å². The standard InChI is InChI=1S/C22H23N3O3/c1-28-20(26)13-8-14-23-22(27)19-16-25(15-17-9-4-2-5-10-17)24-21(19)18-11-6-3-7-12-18/h2-7,9-12,16H,8,13-15H2,1H3,(H,23,27). The van der Waals surface area contributed by atoms with E-state index in [-0.39, 0.29) is 18.3 Å². The lowest BCUT2D eigenvalue weighted by Gasteiger charge is -2.05. The van der Waals surface area contributed by atoms with Gasteiger partial charge in [0.2, 0.25) is 0 Å². The van der Waals surface area contributed by atoms with Crippen LogP contribution in [-0.4, -0.2) is 35.3 Å². The van der Waals surface area contributed by atoms with Crippen molar-refractivity contribution in [2.75, 3.05) is 13.7 Å². The van der Waals surface area contributed by atoms with Crippen LogP contribution in [0.15, 0.2) is 66.9 Å². The Morgan fingerprint density at radius 2 is 1.71 bits per heavy atom. The number of nitrogens with zero attached hydrogens (tertiary/aromatic N) is 2. The molecule has 3 aromatic rings.